The molecule has 2 aromatic heterocycles. The van der Waals surface area contributed by atoms with Gasteiger partial charge >= 0.3 is 0 Å². The average Bonchev–Trinajstić information content (AvgIpc) is 2.85. The summed E-state index contributed by atoms with van der Waals surface area (Å²) in [5, 5.41) is 3.33. The van der Waals surface area contributed by atoms with Crippen LogP contribution in [0.25, 0.3) is 10.2 Å². The number of nitrogen functional groups attached to an aromatic ring is 1. The molecule has 4 nitrogen and oxygen atoms in total. The van der Waals surface area contributed by atoms with E-state index in [9.17, 15) is 0 Å². The van der Waals surface area contributed by atoms with Crippen molar-refractivity contribution in [2.75, 3.05) is 11.1 Å². The fraction of sp³-hybridized carbons (Fsp3) is 0.0769. The molecule has 18 heavy (non-hydrogen) atoms. The first kappa shape index (κ1) is 11.0. The van der Waals surface area contributed by atoms with Crippen molar-refractivity contribution in [1.29, 1.82) is 0 Å². The van der Waals surface area contributed by atoms with Gasteiger partial charge in [0.25, 0.3) is 0 Å². The fourth-order valence-electron chi connectivity index (χ4n) is 1.81. The standard InChI is InChI=1S/C13H12N4S/c14-9-5-11(13-12(6-9)18-8-17-13)16-7-10-3-1-2-4-15-10/h1-6,8,16H,7,14H2. The number of nitrogens with two attached hydrogens (primary N) is 1. The number of nitrogens with one attached hydrogen (secondary N) is 1. The summed E-state index contributed by atoms with van der Waals surface area (Å²) in [6.45, 7) is 0.664. The van der Waals surface area contributed by atoms with Gasteiger partial charge in [0.05, 0.1) is 28.1 Å². The first-order valence-corrected chi connectivity index (χ1v) is 6.47. The molecular formula is C13H12N4S. The second-order valence-electron chi connectivity index (χ2n) is 3.94. The van der Waals surface area contributed by atoms with E-state index in [1.165, 1.54) is 0 Å². The van der Waals surface area contributed by atoms with E-state index in [1.807, 2.05) is 35.8 Å². The molecule has 3 rings (SSSR count). The van der Waals surface area contributed by atoms with Crippen molar-refractivity contribution in [1.82, 2.24) is 9.97 Å². The topological polar surface area (TPSA) is 63.8 Å². The Kier molecular flexibility index (Phi) is 2.82. The number of benzene rings is 1. The first-order chi connectivity index (χ1) is 8.83. The summed E-state index contributed by atoms with van der Waals surface area (Å²) in [5.74, 6) is 0. The third-order valence-electron chi connectivity index (χ3n) is 2.64. The minimum atomic E-state index is 0.664. The van der Waals surface area contributed by atoms with Crippen molar-refractivity contribution < 1.29 is 0 Å². The maximum atomic E-state index is 5.88. The molecule has 2 heterocycles. The van der Waals surface area contributed by atoms with Crippen LogP contribution in [0.15, 0.2) is 42.0 Å². The molecule has 0 bridgehead atoms. The van der Waals surface area contributed by atoms with E-state index in [1.54, 1.807) is 17.5 Å². The van der Waals surface area contributed by atoms with Crippen LogP contribution in [0.4, 0.5) is 11.4 Å². The van der Waals surface area contributed by atoms with Gasteiger partial charge in [-0.1, -0.05) is 6.07 Å². The number of pyridine rings is 1. The lowest BCUT2D eigenvalue weighted by molar-refractivity contribution is 1.05. The van der Waals surface area contributed by atoms with Gasteiger partial charge in [0, 0.05) is 11.9 Å². The summed E-state index contributed by atoms with van der Waals surface area (Å²) >= 11 is 1.59. The number of anilines is 2. The van der Waals surface area contributed by atoms with Crippen LogP contribution in [0.1, 0.15) is 5.69 Å². The van der Waals surface area contributed by atoms with Crippen LogP contribution >= 0.6 is 11.3 Å². The highest BCUT2D eigenvalue weighted by molar-refractivity contribution is 7.16. The predicted molar refractivity (Wildman–Crippen MR) is 75.6 cm³/mol. The Morgan fingerprint density at radius 2 is 2.17 bits per heavy atom. The third-order valence-corrected chi connectivity index (χ3v) is 3.42. The molecule has 0 aliphatic heterocycles. The monoisotopic (exact) mass is 256 g/mol. The molecule has 0 spiro atoms. The summed E-state index contributed by atoms with van der Waals surface area (Å²) in [6, 6.07) is 9.71. The van der Waals surface area contributed by atoms with Crippen LogP contribution in [-0.4, -0.2) is 9.97 Å². The fourth-order valence-corrected chi connectivity index (χ4v) is 2.56. The van der Waals surface area contributed by atoms with Gasteiger partial charge in [-0.3, -0.25) is 4.98 Å². The molecule has 0 saturated carbocycles. The lowest BCUT2D eigenvalue weighted by Crippen LogP contribution is -2.02. The zero-order chi connectivity index (χ0) is 12.4. The first-order valence-electron chi connectivity index (χ1n) is 5.59. The number of nitrogens with zero attached hydrogens (tertiary/aromatic N) is 2. The largest absolute Gasteiger partial charge is 0.399 e. The van der Waals surface area contributed by atoms with Crippen molar-refractivity contribution in [2.45, 2.75) is 6.54 Å². The number of rotatable bonds is 3. The highest BCUT2D eigenvalue weighted by atomic mass is 32.1. The molecule has 0 amide bonds. The van der Waals surface area contributed by atoms with Gasteiger partial charge in [0.1, 0.15) is 5.52 Å². The van der Waals surface area contributed by atoms with E-state index in [-0.39, 0.29) is 0 Å². The molecule has 0 radical (unpaired) electrons. The Hall–Kier alpha value is -2.14. The average molecular weight is 256 g/mol. The molecular weight excluding hydrogens is 244 g/mol. The Balaban J connectivity index is 1.88. The summed E-state index contributed by atoms with van der Waals surface area (Å²) in [4.78, 5) is 8.62. The maximum Gasteiger partial charge on any atom is 0.104 e. The van der Waals surface area contributed by atoms with E-state index in [0.717, 1.165) is 27.3 Å². The zero-order valence-corrected chi connectivity index (χ0v) is 10.4. The predicted octanol–water partition coefficient (Wildman–Crippen LogP) is 2.89. The molecule has 0 aliphatic carbocycles. The minimum absolute atomic E-state index is 0.664. The van der Waals surface area contributed by atoms with Crippen molar-refractivity contribution in [3.63, 3.8) is 0 Å². The van der Waals surface area contributed by atoms with Gasteiger partial charge in [0.2, 0.25) is 0 Å². The number of hydrogen-bond acceptors (Lipinski definition) is 5. The molecule has 1 aromatic carbocycles. The molecule has 5 heteroatoms. The molecule has 90 valence electrons. The summed E-state index contributed by atoms with van der Waals surface area (Å²) in [6.07, 6.45) is 1.79. The Bertz CT molecular complexity index is 663. The minimum Gasteiger partial charge on any atom is -0.399 e. The second kappa shape index (κ2) is 4.62. The quantitative estimate of drug-likeness (QED) is 0.707. The molecule has 0 fully saturated rings. The van der Waals surface area contributed by atoms with Gasteiger partial charge in [-0.2, -0.15) is 0 Å². The summed E-state index contributed by atoms with van der Waals surface area (Å²) in [7, 11) is 0. The van der Waals surface area contributed by atoms with Gasteiger partial charge in [-0.05, 0) is 24.3 Å². The molecule has 0 saturated heterocycles. The van der Waals surface area contributed by atoms with Gasteiger partial charge in [-0.15, -0.1) is 11.3 Å². The SMILES string of the molecule is Nc1cc(NCc2ccccn2)c2ncsc2c1. The number of hydrogen-bond donors (Lipinski definition) is 2. The van der Waals surface area contributed by atoms with E-state index < -0.39 is 0 Å². The molecule has 3 aromatic rings. The van der Waals surface area contributed by atoms with Gasteiger partial charge in [-0.25, -0.2) is 4.98 Å². The maximum absolute atomic E-state index is 5.88. The van der Waals surface area contributed by atoms with E-state index >= 15 is 0 Å². The van der Waals surface area contributed by atoms with E-state index in [2.05, 4.69) is 15.3 Å². The Labute approximate surface area is 109 Å². The van der Waals surface area contributed by atoms with Crippen molar-refractivity contribution in [3.8, 4) is 0 Å². The lowest BCUT2D eigenvalue weighted by atomic mass is 10.2. The number of thiazole rings is 1. The van der Waals surface area contributed by atoms with Crippen LogP contribution in [0, 0.1) is 0 Å². The smallest absolute Gasteiger partial charge is 0.104 e. The van der Waals surface area contributed by atoms with Crippen molar-refractivity contribution in [2.24, 2.45) is 0 Å². The van der Waals surface area contributed by atoms with E-state index in [4.69, 9.17) is 5.73 Å². The Morgan fingerprint density at radius 1 is 1.22 bits per heavy atom. The summed E-state index contributed by atoms with van der Waals surface area (Å²) in [5.41, 5.74) is 11.4. The molecule has 0 atom stereocenters. The lowest BCUT2D eigenvalue weighted by Gasteiger charge is -2.07. The number of aromatic nitrogens is 2. The molecule has 0 aliphatic rings. The van der Waals surface area contributed by atoms with Crippen LogP contribution in [0.5, 0.6) is 0 Å². The summed E-state index contributed by atoms with van der Waals surface area (Å²) < 4.78 is 1.10. The van der Waals surface area contributed by atoms with Crippen molar-refractivity contribution in [3.05, 3.63) is 47.7 Å². The molecule has 0 unspecified atom stereocenters. The normalized spacial score (nSPS) is 10.7. The van der Waals surface area contributed by atoms with Gasteiger partial charge < -0.3 is 11.1 Å². The number of fused-ring (bicyclic) bond motifs is 1. The molecule has 3 N–H and O–H groups in total. The van der Waals surface area contributed by atoms with Crippen LogP contribution < -0.4 is 11.1 Å². The third kappa shape index (κ3) is 2.12. The Morgan fingerprint density at radius 3 is 3.00 bits per heavy atom. The highest BCUT2D eigenvalue weighted by Crippen LogP contribution is 2.28. The highest BCUT2D eigenvalue weighted by Gasteiger charge is 2.05. The van der Waals surface area contributed by atoms with Crippen LogP contribution in [0.3, 0.4) is 0 Å². The van der Waals surface area contributed by atoms with Crippen LogP contribution in [0.2, 0.25) is 0 Å². The second-order valence-corrected chi connectivity index (χ2v) is 4.83. The van der Waals surface area contributed by atoms with Gasteiger partial charge in [0.15, 0.2) is 0 Å². The zero-order valence-electron chi connectivity index (χ0n) is 9.63. The van der Waals surface area contributed by atoms with Crippen LogP contribution in [-0.2, 0) is 6.54 Å². The van der Waals surface area contributed by atoms with Crippen molar-refractivity contribution >= 4 is 32.9 Å². The van der Waals surface area contributed by atoms with E-state index in [0.29, 0.717) is 6.54 Å².